The third-order valence-corrected chi connectivity index (χ3v) is 5.75. The molecule has 30 heavy (non-hydrogen) atoms. The lowest BCUT2D eigenvalue weighted by Crippen LogP contribution is -2.41. The van der Waals surface area contributed by atoms with Gasteiger partial charge < -0.3 is 14.8 Å². The minimum atomic E-state index is -2.88. The molecule has 1 aliphatic rings. The van der Waals surface area contributed by atoms with E-state index in [0.717, 1.165) is 37.7 Å². The zero-order valence-electron chi connectivity index (χ0n) is 17.2. The average Bonchev–Trinajstić information content (AvgIpc) is 2.77. The molecule has 0 spiro atoms. The van der Waals surface area contributed by atoms with Gasteiger partial charge in [-0.05, 0) is 61.6 Å². The lowest BCUT2D eigenvalue weighted by molar-refractivity contribution is -0.0529. The van der Waals surface area contributed by atoms with E-state index in [4.69, 9.17) is 4.74 Å². The first-order chi connectivity index (χ1) is 14.5. The molecule has 0 radical (unpaired) electrons. The van der Waals surface area contributed by atoms with Crippen LogP contribution in [0.2, 0.25) is 0 Å². The molecule has 2 aromatic rings. The average molecular weight is 419 g/mol. The van der Waals surface area contributed by atoms with Gasteiger partial charge in [0.25, 0.3) is 5.91 Å². The molecule has 1 atom stereocenters. The molecule has 162 valence electrons. The van der Waals surface area contributed by atoms with Gasteiger partial charge in [-0.3, -0.25) is 4.79 Å². The fourth-order valence-corrected chi connectivity index (χ4v) is 4.13. The fourth-order valence-electron chi connectivity index (χ4n) is 4.13. The SMILES string of the molecule is CC[C@@H](NC(=O)c1ccc(OC)nc1)[C@H]1CC[C@@H](c2ccnc(OC(F)F)c2)CC1. The first kappa shape index (κ1) is 21.9. The highest BCUT2D eigenvalue weighted by Gasteiger charge is 2.29. The Hall–Kier alpha value is -2.77. The lowest BCUT2D eigenvalue weighted by Gasteiger charge is -2.34. The van der Waals surface area contributed by atoms with E-state index in [1.165, 1.54) is 19.5 Å². The van der Waals surface area contributed by atoms with Crippen molar-refractivity contribution in [2.24, 2.45) is 5.92 Å². The molecule has 3 rings (SSSR count). The second-order valence-corrected chi connectivity index (χ2v) is 7.50. The molecule has 1 fully saturated rings. The number of halogens is 2. The van der Waals surface area contributed by atoms with Crippen molar-refractivity contribution in [3.63, 3.8) is 0 Å². The minimum Gasteiger partial charge on any atom is -0.481 e. The first-order valence-corrected chi connectivity index (χ1v) is 10.2. The molecule has 0 bridgehead atoms. The smallest absolute Gasteiger partial charge is 0.388 e. The third-order valence-electron chi connectivity index (χ3n) is 5.75. The Morgan fingerprint density at radius 2 is 1.93 bits per heavy atom. The molecule has 1 aliphatic carbocycles. The van der Waals surface area contributed by atoms with Crippen LogP contribution in [0.25, 0.3) is 0 Å². The van der Waals surface area contributed by atoms with E-state index in [0.29, 0.717) is 17.4 Å². The van der Waals surface area contributed by atoms with Crippen LogP contribution in [0.5, 0.6) is 11.8 Å². The molecule has 0 unspecified atom stereocenters. The number of methoxy groups -OCH3 is 1. The molecular formula is C22H27F2N3O3. The van der Waals surface area contributed by atoms with Crippen LogP contribution in [-0.2, 0) is 0 Å². The van der Waals surface area contributed by atoms with Crippen LogP contribution in [0.1, 0.15) is 60.9 Å². The predicted molar refractivity (Wildman–Crippen MR) is 108 cm³/mol. The summed E-state index contributed by atoms with van der Waals surface area (Å²) in [6.45, 7) is -0.807. The topological polar surface area (TPSA) is 73.3 Å². The van der Waals surface area contributed by atoms with Gasteiger partial charge in [0.2, 0.25) is 11.8 Å². The molecule has 1 amide bonds. The maximum Gasteiger partial charge on any atom is 0.388 e. The van der Waals surface area contributed by atoms with Gasteiger partial charge in [0.05, 0.1) is 12.7 Å². The van der Waals surface area contributed by atoms with Gasteiger partial charge in [0, 0.05) is 30.6 Å². The highest BCUT2D eigenvalue weighted by atomic mass is 19.3. The van der Waals surface area contributed by atoms with Crippen LogP contribution < -0.4 is 14.8 Å². The number of hydrogen-bond acceptors (Lipinski definition) is 5. The number of aromatic nitrogens is 2. The summed E-state index contributed by atoms with van der Waals surface area (Å²) in [7, 11) is 1.53. The second-order valence-electron chi connectivity index (χ2n) is 7.50. The zero-order chi connectivity index (χ0) is 21.5. The number of carbonyl (C=O) groups is 1. The summed E-state index contributed by atoms with van der Waals surface area (Å²) >= 11 is 0. The van der Waals surface area contributed by atoms with Gasteiger partial charge in [0.1, 0.15) is 0 Å². The van der Waals surface area contributed by atoms with Crippen LogP contribution >= 0.6 is 0 Å². The molecule has 0 aromatic carbocycles. The summed E-state index contributed by atoms with van der Waals surface area (Å²) in [5.41, 5.74) is 1.48. The maximum absolute atomic E-state index is 12.6. The fraction of sp³-hybridized carbons (Fsp3) is 0.500. The van der Waals surface area contributed by atoms with Crippen molar-refractivity contribution in [1.29, 1.82) is 0 Å². The summed E-state index contributed by atoms with van der Waals surface area (Å²) in [4.78, 5) is 20.5. The van der Waals surface area contributed by atoms with Crippen molar-refractivity contribution in [3.8, 4) is 11.8 Å². The van der Waals surface area contributed by atoms with E-state index in [-0.39, 0.29) is 23.7 Å². The number of rotatable bonds is 8. The van der Waals surface area contributed by atoms with E-state index in [1.54, 1.807) is 18.2 Å². The summed E-state index contributed by atoms with van der Waals surface area (Å²) < 4.78 is 34.3. The normalized spacial score (nSPS) is 19.9. The number of carbonyl (C=O) groups excluding carboxylic acids is 1. The molecule has 6 nitrogen and oxygen atoms in total. The molecule has 2 heterocycles. The number of ether oxygens (including phenoxy) is 2. The van der Waals surface area contributed by atoms with Crippen molar-refractivity contribution in [1.82, 2.24) is 15.3 Å². The Kier molecular flexibility index (Phi) is 7.54. The van der Waals surface area contributed by atoms with Gasteiger partial charge in [-0.1, -0.05) is 6.92 Å². The van der Waals surface area contributed by atoms with Gasteiger partial charge in [-0.25, -0.2) is 9.97 Å². The van der Waals surface area contributed by atoms with Crippen molar-refractivity contribution in [2.45, 2.75) is 57.6 Å². The quantitative estimate of drug-likeness (QED) is 0.679. The van der Waals surface area contributed by atoms with Crippen LogP contribution in [0.3, 0.4) is 0 Å². The minimum absolute atomic E-state index is 0.0450. The Balaban J connectivity index is 1.56. The molecule has 1 N–H and O–H groups in total. The van der Waals surface area contributed by atoms with Gasteiger partial charge in [-0.15, -0.1) is 0 Å². The van der Waals surface area contributed by atoms with Crippen molar-refractivity contribution < 1.29 is 23.0 Å². The van der Waals surface area contributed by atoms with E-state index >= 15 is 0 Å². The number of nitrogens with one attached hydrogen (secondary N) is 1. The monoisotopic (exact) mass is 419 g/mol. The van der Waals surface area contributed by atoms with E-state index in [1.807, 2.05) is 6.07 Å². The number of hydrogen-bond donors (Lipinski definition) is 1. The van der Waals surface area contributed by atoms with Gasteiger partial charge in [-0.2, -0.15) is 8.78 Å². The Morgan fingerprint density at radius 1 is 1.17 bits per heavy atom. The highest BCUT2D eigenvalue weighted by molar-refractivity contribution is 5.94. The Labute approximate surface area is 175 Å². The summed E-state index contributed by atoms with van der Waals surface area (Å²) in [6, 6.07) is 6.91. The number of pyridine rings is 2. The maximum atomic E-state index is 12.6. The standard InChI is InChI=1S/C22H27F2N3O3/c1-3-18(27-21(28)17-8-9-19(29-2)26-13-17)15-6-4-14(5-7-15)16-10-11-25-20(12-16)30-22(23)24/h8-15,18,22H,3-7H2,1-2H3,(H,27,28)/t14-,15+,18-/m1/s1. The summed E-state index contributed by atoms with van der Waals surface area (Å²) in [5, 5.41) is 3.14. The number of amides is 1. The Morgan fingerprint density at radius 3 is 2.53 bits per heavy atom. The summed E-state index contributed by atoms with van der Waals surface area (Å²) in [5.74, 6) is 0.942. The van der Waals surface area contributed by atoms with Gasteiger partial charge >= 0.3 is 6.61 Å². The highest BCUT2D eigenvalue weighted by Crippen LogP contribution is 2.38. The lowest BCUT2D eigenvalue weighted by atomic mass is 9.75. The van der Waals surface area contributed by atoms with E-state index in [2.05, 4.69) is 26.9 Å². The van der Waals surface area contributed by atoms with Crippen LogP contribution in [0, 0.1) is 5.92 Å². The predicted octanol–water partition coefficient (Wildman–Crippen LogP) is 4.57. The van der Waals surface area contributed by atoms with Crippen molar-refractivity contribution in [3.05, 3.63) is 47.8 Å². The van der Waals surface area contributed by atoms with Crippen molar-refractivity contribution >= 4 is 5.91 Å². The van der Waals surface area contributed by atoms with Crippen LogP contribution in [0.15, 0.2) is 36.7 Å². The van der Waals surface area contributed by atoms with Crippen molar-refractivity contribution in [2.75, 3.05) is 7.11 Å². The third kappa shape index (κ3) is 5.64. The molecule has 8 heteroatoms. The number of alkyl halides is 2. The first-order valence-electron chi connectivity index (χ1n) is 10.2. The Bertz CT molecular complexity index is 825. The largest absolute Gasteiger partial charge is 0.481 e. The zero-order valence-corrected chi connectivity index (χ0v) is 17.2. The molecule has 0 saturated heterocycles. The van der Waals surface area contributed by atoms with Crippen LogP contribution in [-0.4, -0.2) is 35.6 Å². The van der Waals surface area contributed by atoms with E-state index < -0.39 is 6.61 Å². The van der Waals surface area contributed by atoms with E-state index in [9.17, 15) is 13.6 Å². The molecule has 1 saturated carbocycles. The van der Waals surface area contributed by atoms with Gasteiger partial charge in [0.15, 0.2) is 0 Å². The second kappa shape index (κ2) is 10.3. The summed E-state index contributed by atoms with van der Waals surface area (Å²) in [6.07, 6.45) is 7.64. The molecule has 0 aliphatic heterocycles. The molecular weight excluding hydrogens is 392 g/mol. The van der Waals surface area contributed by atoms with Crippen LogP contribution in [0.4, 0.5) is 8.78 Å². The molecule has 2 aromatic heterocycles. The number of nitrogens with zero attached hydrogens (tertiary/aromatic N) is 2.